The molecule has 0 bridgehead atoms. The number of imidazole rings is 1. The zero-order chi connectivity index (χ0) is 14.0. The van der Waals surface area contributed by atoms with Crippen molar-refractivity contribution in [2.24, 2.45) is 5.73 Å². The lowest BCUT2D eigenvalue weighted by atomic mass is 10.1. The van der Waals surface area contributed by atoms with Gasteiger partial charge in [0.1, 0.15) is 0 Å². The van der Waals surface area contributed by atoms with Crippen LogP contribution in [0.15, 0.2) is 11.1 Å². The number of fused-ring (bicyclic) bond motifs is 1. The maximum atomic E-state index is 11.5. The first kappa shape index (κ1) is 13.0. The lowest BCUT2D eigenvalue weighted by Gasteiger charge is -2.09. The van der Waals surface area contributed by atoms with Crippen LogP contribution in [0.3, 0.4) is 0 Å². The monoisotopic (exact) mass is 266 g/mol. The lowest BCUT2D eigenvalue weighted by molar-refractivity contribution is -0.137. The molecule has 6 N–H and O–H groups in total. The van der Waals surface area contributed by atoms with Gasteiger partial charge in [-0.05, 0) is 6.42 Å². The Kier molecular flexibility index (Phi) is 3.47. The molecule has 2 heterocycles. The standard InChI is InChI=1S/C10H14N6O3/c11-5(3-6(17)18)1-2-16-4-13-7-8(16)14-10(12)15-9(7)19/h4-5H,1-3,11H2,(H,17,18)(H3,12,14,15,19)/t5-/m1/s1. The van der Waals surface area contributed by atoms with Gasteiger partial charge in [0.05, 0.1) is 12.7 Å². The molecule has 0 fully saturated rings. The molecule has 2 aromatic heterocycles. The number of nitrogen functional groups attached to an aromatic ring is 1. The van der Waals surface area contributed by atoms with Gasteiger partial charge in [0.25, 0.3) is 5.56 Å². The van der Waals surface area contributed by atoms with Gasteiger partial charge in [-0.2, -0.15) is 4.98 Å². The lowest BCUT2D eigenvalue weighted by Crippen LogP contribution is -2.25. The van der Waals surface area contributed by atoms with Crippen molar-refractivity contribution in [3.8, 4) is 0 Å². The molecule has 9 nitrogen and oxygen atoms in total. The van der Waals surface area contributed by atoms with E-state index in [-0.39, 0.29) is 17.9 Å². The summed E-state index contributed by atoms with van der Waals surface area (Å²) >= 11 is 0. The fourth-order valence-corrected chi connectivity index (χ4v) is 1.77. The van der Waals surface area contributed by atoms with Crippen molar-refractivity contribution >= 4 is 23.1 Å². The molecular weight excluding hydrogens is 252 g/mol. The second-order valence-electron chi connectivity index (χ2n) is 4.21. The Morgan fingerprint density at radius 1 is 1.58 bits per heavy atom. The average Bonchev–Trinajstić information content (AvgIpc) is 2.68. The van der Waals surface area contributed by atoms with Crippen LogP contribution in [-0.2, 0) is 11.3 Å². The van der Waals surface area contributed by atoms with Gasteiger partial charge in [-0.3, -0.25) is 14.6 Å². The highest BCUT2D eigenvalue weighted by molar-refractivity contribution is 5.70. The maximum Gasteiger partial charge on any atom is 0.304 e. The van der Waals surface area contributed by atoms with Gasteiger partial charge in [0, 0.05) is 12.6 Å². The number of carbonyl (C=O) groups is 1. The minimum absolute atomic E-state index is 0.00841. The molecule has 1 atom stereocenters. The highest BCUT2D eigenvalue weighted by Crippen LogP contribution is 2.08. The molecule has 0 radical (unpaired) electrons. The predicted octanol–water partition coefficient (Wildman–Crippen LogP) is -1.11. The Bertz CT molecular complexity index is 661. The van der Waals surface area contributed by atoms with Gasteiger partial charge >= 0.3 is 5.97 Å². The third kappa shape index (κ3) is 2.88. The number of carboxylic acids is 1. The van der Waals surface area contributed by atoms with E-state index in [0.717, 1.165) is 0 Å². The van der Waals surface area contributed by atoms with E-state index in [9.17, 15) is 9.59 Å². The fourth-order valence-electron chi connectivity index (χ4n) is 1.77. The first-order chi connectivity index (χ1) is 8.97. The minimum atomic E-state index is -0.943. The van der Waals surface area contributed by atoms with Gasteiger partial charge in [-0.25, -0.2) is 4.98 Å². The molecular formula is C10H14N6O3. The molecule has 19 heavy (non-hydrogen) atoms. The highest BCUT2D eigenvalue weighted by atomic mass is 16.4. The molecule has 0 amide bonds. The molecule has 0 aromatic carbocycles. The van der Waals surface area contributed by atoms with E-state index in [1.54, 1.807) is 4.57 Å². The third-order valence-corrected chi connectivity index (χ3v) is 2.67. The van der Waals surface area contributed by atoms with Crippen LogP contribution >= 0.6 is 0 Å². The molecule has 9 heteroatoms. The second kappa shape index (κ2) is 5.06. The molecule has 2 rings (SSSR count). The van der Waals surface area contributed by atoms with E-state index in [0.29, 0.717) is 18.6 Å². The second-order valence-corrected chi connectivity index (χ2v) is 4.21. The first-order valence-electron chi connectivity index (χ1n) is 5.65. The number of nitrogens with two attached hydrogens (primary N) is 2. The molecule has 0 saturated heterocycles. The van der Waals surface area contributed by atoms with Gasteiger partial charge in [0.15, 0.2) is 11.2 Å². The first-order valence-corrected chi connectivity index (χ1v) is 5.65. The summed E-state index contributed by atoms with van der Waals surface area (Å²) in [5, 5.41) is 8.61. The highest BCUT2D eigenvalue weighted by Gasteiger charge is 2.12. The van der Waals surface area contributed by atoms with Crippen LogP contribution in [0.2, 0.25) is 0 Å². The van der Waals surface area contributed by atoms with Crippen LogP contribution in [-0.4, -0.2) is 36.6 Å². The van der Waals surface area contributed by atoms with Crippen molar-refractivity contribution in [3.63, 3.8) is 0 Å². The van der Waals surface area contributed by atoms with Crippen molar-refractivity contribution in [2.45, 2.75) is 25.4 Å². The molecule has 102 valence electrons. The molecule has 0 spiro atoms. The number of aryl methyl sites for hydroxylation is 1. The van der Waals surface area contributed by atoms with Crippen molar-refractivity contribution in [1.82, 2.24) is 19.5 Å². The Morgan fingerprint density at radius 2 is 2.32 bits per heavy atom. The summed E-state index contributed by atoms with van der Waals surface area (Å²) in [4.78, 5) is 32.3. The van der Waals surface area contributed by atoms with E-state index in [2.05, 4.69) is 15.0 Å². The fraction of sp³-hybridized carbons (Fsp3) is 0.400. The number of hydrogen-bond acceptors (Lipinski definition) is 6. The summed E-state index contributed by atoms with van der Waals surface area (Å²) < 4.78 is 1.63. The summed E-state index contributed by atoms with van der Waals surface area (Å²) in [5.74, 6) is -0.934. The number of nitrogens with one attached hydrogen (secondary N) is 1. The largest absolute Gasteiger partial charge is 0.481 e. The molecule has 0 unspecified atom stereocenters. The summed E-state index contributed by atoms with van der Waals surface area (Å²) in [6.45, 7) is 0.418. The van der Waals surface area contributed by atoms with Gasteiger partial charge in [-0.15, -0.1) is 0 Å². The number of aromatic amines is 1. The number of nitrogens with zero attached hydrogens (tertiary/aromatic N) is 3. The van der Waals surface area contributed by atoms with Crippen molar-refractivity contribution in [2.75, 3.05) is 5.73 Å². The van der Waals surface area contributed by atoms with Crippen LogP contribution in [0.4, 0.5) is 5.95 Å². The van der Waals surface area contributed by atoms with E-state index < -0.39 is 17.6 Å². The number of aromatic nitrogens is 4. The average molecular weight is 266 g/mol. The van der Waals surface area contributed by atoms with Crippen LogP contribution in [0, 0.1) is 0 Å². The number of H-pyrrole nitrogens is 1. The summed E-state index contributed by atoms with van der Waals surface area (Å²) in [5.41, 5.74) is 11.3. The van der Waals surface area contributed by atoms with Gasteiger partial charge < -0.3 is 21.1 Å². The molecule has 0 aliphatic heterocycles. The Morgan fingerprint density at radius 3 is 3.00 bits per heavy atom. The number of aliphatic carboxylic acids is 1. The zero-order valence-corrected chi connectivity index (χ0v) is 10.0. The topological polar surface area (TPSA) is 153 Å². The SMILES string of the molecule is Nc1nc2c(ncn2CC[C@@H](N)CC(=O)O)c(=O)[nH]1. The molecule has 2 aromatic rings. The van der Waals surface area contributed by atoms with Crippen molar-refractivity contribution < 1.29 is 9.90 Å². The summed E-state index contributed by atoms with van der Waals surface area (Å²) in [6.07, 6.45) is 1.79. The zero-order valence-electron chi connectivity index (χ0n) is 10.0. The van der Waals surface area contributed by atoms with E-state index >= 15 is 0 Å². The van der Waals surface area contributed by atoms with Gasteiger partial charge in [0.2, 0.25) is 5.95 Å². The molecule has 0 aliphatic carbocycles. The normalized spacial score (nSPS) is 12.7. The van der Waals surface area contributed by atoms with Crippen LogP contribution < -0.4 is 17.0 Å². The van der Waals surface area contributed by atoms with Crippen LogP contribution in [0.1, 0.15) is 12.8 Å². The van der Waals surface area contributed by atoms with E-state index in [4.69, 9.17) is 16.6 Å². The number of anilines is 1. The quantitative estimate of drug-likeness (QED) is 0.535. The van der Waals surface area contributed by atoms with Crippen LogP contribution in [0.5, 0.6) is 0 Å². The summed E-state index contributed by atoms with van der Waals surface area (Å²) in [7, 11) is 0. The van der Waals surface area contributed by atoms with E-state index in [1.165, 1.54) is 6.33 Å². The minimum Gasteiger partial charge on any atom is -0.481 e. The Hall–Kier alpha value is -2.42. The maximum absolute atomic E-state index is 11.5. The number of hydrogen-bond donors (Lipinski definition) is 4. The van der Waals surface area contributed by atoms with E-state index in [1.807, 2.05) is 0 Å². The van der Waals surface area contributed by atoms with Crippen molar-refractivity contribution in [1.29, 1.82) is 0 Å². The predicted molar refractivity (Wildman–Crippen MR) is 67.4 cm³/mol. The number of rotatable bonds is 5. The Labute approximate surface area is 107 Å². The molecule has 0 aliphatic rings. The smallest absolute Gasteiger partial charge is 0.304 e. The van der Waals surface area contributed by atoms with Gasteiger partial charge in [-0.1, -0.05) is 0 Å². The summed E-state index contributed by atoms with van der Waals surface area (Å²) in [6, 6.07) is -0.464. The van der Waals surface area contributed by atoms with Crippen molar-refractivity contribution in [3.05, 3.63) is 16.7 Å². The third-order valence-electron chi connectivity index (χ3n) is 2.67. The van der Waals surface area contributed by atoms with Crippen LogP contribution in [0.25, 0.3) is 11.2 Å². The number of carboxylic acid groups (broad SMARTS) is 1. The Balaban J connectivity index is 2.18. The molecule has 0 saturated carbocycles.